The largest absolute Gasteiger partial charge is 0.384 e. The summed E-state index contributed by atoms with van der Waals surface area (Å²) in [5, 5.41) is 3.15. The van der Waals surface area contributed by atoms with Gasteiger partial charge in [-0.1, -0.05) is 24.3 Å². The monoisotopic (exact) mass is 355 g/mol. The Hall–Kier alpha value is -2.24. The number of amides is 1. The van der Waals surface area contributed by atoms with Crippen LogP contribution in [0.1, 0.15) is 16.8 Å². The standard InChI is InChI=1S/C21H22FNO3/c1-25-12-18-19(17-9-10-26-20(17)18)23-21(24)14-7-5-13(6-8-14)15-3-2-4-16(22)11-15/h2-8,11,17-20H,9-10,12H2,1H3,(H,23,24)/t17-,18+,19+,20-/m1/s1. The Bertz CT molecular complexity index is 792. The summed E-state index contributed by atoms with van der Waals surface area (Å²) < 4.78 is 24.4. The zero-order valence-corrected chi connectivity index (χ0v) is 14.7. The van der Waals surface area contributed by atoms with E-state index >= 15 is 0 Å². The highest BCUT2D eigenvalue weighted by Gasteiger charge is 2.54. The molecule has 1 saturated heterocycles. The number of halogens is 1. The molecule has 0 unspecified atom stereocenters. The SMILES string of the molecule is COC[C@H]1[C@@H](NC(=O)c2ccc(-c3cccc(F)c3)cc2)[C@H]2CCO[C@H]21. The molecule has 0 radical (unpaired) electrons. The number of ether oxygens (including phenoxy) is 2. The Balaban J connectivity index is 1.45. The molecule has 0 aromatic heterocycles. The molecule has 1 amide bonds. The molecule has 1 aliphatic carbocycles. The highest BCUT2D eigenvalue weighted by Crippen LogP contribution is 2.43. The number of carbonyl (C=O) groups is 1. The van der Waals surface area contributed by atoms with E-state index in [-0.39, 0.29) is 29.8 Å². The third-order valence-corrected chi connectivity index (χ3v) is 5.49. The average Bonchev–Trinajstić information content (AvgIpc) is 3.08. The lowest BCUT2D eigenvalue weighted by Crippen LogP contribution is -2.62. The van der Waals surface area contributed by atoms with Crippen molar-refractivity contribution in [1.82, 2.24) is 5.32 Å². The number of methoxy groups -OCH3 is 1. The number of rotatable bonds is 5. The molecular weight excluding hydrogens is 333 g/mol. The molecule has 0 spiro atoms. The molecule has 4 atom stereocenters. The average molecular weight is 355 g/mol. The Labute approximate surface area is 152 Å². The number of hydrogen-bond donors (Lipinski definition) is 1. The summed E-state index contributed by atoms with van der Waals surface area (Å²) in [5.74, 6) is 0.229. The Morgan fingerprint density at radius 1 is 1.23 bits per heavy atom. The van der Waals surface area contributed by atoms with Crippen LogP contribution < -0.4 is 5.32 Å². The summed E-state index contributed by atoms with van der Waals surface area (Å²) in [6.45, 7) is 1.34. The number of hydrogen-bond acceptors (Lipinski definition) is 3. The van der Waals surface area contributed by atoms with Crippen molar-refractivity contribution in [2.75, 3.05) is 20.3 Å². The van der Waals surface area contributed by atoms with Gasteiger partial charge in [0.25, 0.3) is 5.91 Å². The molecule has 0 bridgehead atoms. The molecule has 5 heteroatoms. The predicted octanol–water partition coefficient (Wildman–Crippen LogP) is 3.27. The van der Waals surface area contributed by atoms with Crippen LogP contribution in [-0.2, 0) is 9.47 Å². The van der Waals surface area contributed by atoms with Gasteiger partial charge in [0.05, 0.1) is 12.7 Å². The summed E-state index contributed by atoms with van der Waals surface area (Å²) in [6, 6.07) is 13.8. The van der Waals surface area contributed by atoms with Crippen LogP contribution in [0.15, 0.2) is 48.5 Å². The predicted molar refractivity (Wildman–Crippen MR) is 96.3 cm³/mol. The van der Waals surface area contributed by atoms with Gasteiger partial charge in [-0.05, 0) is 41.8 Å². The van der Waals surface area contributed by atoms with Gasteiger partial charge in [0.15, 0.2) is 0 Å². The smallest absolute Gasteiger partial charge is 0.251 e. The zero-order chi connectivity index (χ0) is 18.1. The molecule has 1 aliphatic heterocycles. The normalized spacial score (nSPS) is 26.8. The molecule has 4 nitrogen and oxygen atoms in total. The molecular formula is C21H22FNO3. The third kappa shape index (κ3) is 3.13. The molecule has 136 valence electrons. The van der Waals surface area contributed by atoms with Crippen LogP contribution in [0.25, 0.3) is 11.1 Å². The van der Waals surface area contributed by atoms with Crippen LogP contribution >= 0.6 is 0 Å². The first-order chi connectivity index (χ1) is 12.7. The van der Waals surface area contributed by atoms with Gasteiger partial charge in [-0.3, -0.25) is 4.79 Å². The van der Waals surface area contributed by atoms with Crippen molar-refractivity contribution in [1.29, 1.82) is 0 Å². The first-order valence-electron chi connectivity index (χ1n) is 8.95. The van der Waals surface area contributed by atoms with Gasteiger partial charge >= 0.3 is 0 Å². The van der Waals surface area contributed by atoms with Gasteiger partial charge in [0.1, 0.15) is 5.82 Å². The first kappa shape index (κ1) is 17.2. The van der Waals surface area contributed by atoms with Crippen molar-refractivity contribution in [3.63, 3.8) is 0 Å². The second-order valence-electron chi connectivity index (χ2n) is 6.99. The summed E-state index contributed by atoms with van der Waals surface area (Å²) in [7, 11) is 1.67. The van der Waals surface area contributed by atoms with Crippen molar-refractivity contribution in [2.45, 2.75) is 18.6 Å². The fourth-order valence-corrected chi connectivity index (χ4v) is 4.15. The minimum Gasteiger partial charge on any atom is -0.384 e. The second-order valence-corrected chi connectivity index (χ2v) is 6.99. The van der Waals surface area contributed by atoms with E-state index in [2.05, 4.69) is 5.32 Å². The molecule has 2 fully saturated rings. The van der Waals surface area contributed by atoms with E-state index < -0.39 is 0 Å². The number of nitrogens with one attached hydrogen (secondary N) is 1. The lowest BCUT2D eigenvalue weighted by molar-refractivity contribution is -0.0809. The zero-order valence-electron chi connectivity index (χ0n) is 14.7. The number of benzene rings is 2. The van der Waals surface area contributed by atoms with Crippen molar-refractivity contribution >= 4 is 5.91 Å². The summed E-state index contributed by atoms with van der Waals surface area (Å²) >= 11 is 0. The highest BCUT2D eigenvalue weighted by molar-refractivity contribution is 5.95. The van der Waals surface area contributed by atoms with Crippen molar-refractivity contribution in [3.05, 3.63) is 59.9 Å². The van der Waals surface area contributed by atoms with Crippen LogP contribution in [0.5, 0.6) is 0 Å². The molecule has 1 heterocycles. The number of carbonyl (C=O) groups excluding carboxylic acids is 1. The molecule has 4 rings (SSSR count). The Kier molecular flexibility index (Phi) is 4.74. The minimum absolute atomic E-state index is 0.0905. The number of fused-ring (bicyclic) bond motifs is 1. The van der Waals surface area contributed by atoms with E-state index in [0.717, 1.165) is 24.2 Å². The van der Waals surface area contributed by atoms with E-state index in [0.29, 0.717) is 18.1 Å². The van der Waals surface area contributed by atoms with Crippen LogP contribution in [0, 0.1) is 17.7 Å². The lowest BCUT2D eigenvalue weighted by atomic mass is 9.67. The topological polar surface area (TPSA) is 47.6 Å². The second kappa shape index (κ2) is 7.17. The summed E-state index contributed by atoms with van der Waals surface area (Å²) in [6.07, 6.45) is 1.18. The van der Waals surface area contributed by atoms with Gasteiger partial charge in [-0.15, -0.1) is 0 Å². The highest BCUT2D eigenvalue weighted by atomic mass is 19.1. The van der Waals surface area contributed by atoms with E-state index in [1.54, 1.807) is 25.3 Å². The van der Waals surface area contributed by atoms with Crippen LogP contribution in [0.3, 0.4) is 0 Å². The minimum atomic E-state index is -0.271. The van der Waals surface area contributed by atoms with E-state index in [9.17, 15) is 9.18 Å². The van der Waals surface area contributed by atoms with Gasteiger partial charge in [-0.2, -0.15) is 0 Å². The maximum absolute atomic E-state index is 13.4. The van der Waals surface area contributed by atoms with E-state index in [4.69, 9.17) is 9.47 Å². The lowest BCUT2D eigenvalue weighted by Gasteiger charge is -2.47. The van der Waals surface area contributed by atoms with Crippen molar-refractivity contribution in [2.24, 2.45) is 11.8 Å². The maximum atomic E-state index is 13.4. The van der Waals surface area contributed by atoms with Gasteiger partial charge in [0.2, 0.25) is 0 Å². The van der Waals surface area contributed by atoms with E-state index in [1.165, 1.54) is 12.1 Å². The van der Waals surface area contributed by atoms with Crippen molar-refractivity contribution < 1.29 is 18.7 Å². The quantitative estimate of drug-likeness (QED) is 0.895. The molecule has 2 aromatic carbocycles. The third-order valence-electron chi connectivity index (χ3n) is 5.49. The van der Waals surface area contributed by atoms with Crippen LogP contribution in [0.2, 0.25) is 0 Å². The molecule has 2 aromatic rings. The van der Waals surface area contributed by atoms with Crippen LogP contribution in [-0.4, -0.2) is 38.4 Å². The maximum Gasteiger partial charge on any atom is 0.251 e. The molecule has 2 aliphatic rings. The van der Waals surface area contributed by atoms with Crippen molar-refractivity contribution in [3.8, 4) is 11.1 Å². The van der Waals surface area contributed by atoms with Gasteiger partial charge < -0.3 is 14.8 Å². The Morgan fingerprint density at radius 2 is 2.04 bits per heavy atom. The van der Waals surface area contributed by atoms with Crippen LogP contribution in [0.4, 0.5) is 4.39 Å². The fourth-order valence-electron chi connectivity index (χ4n) is 4.15. The van der Waals surface area contributed by atoms with Gasteiger partial charge in [-0.25, -0.2) is 4.39 Å². The van der Waals surface area contributed by atoms with E-state index in [1.807, 2.05) is 18.2 Å². The molecule has 1 saturated carbocycles. The summed E-state index contributed by atoms with van der Waals surface area (Å²) in [4.78, 5) is 12.6. The first-order valence-corrected chi connectivity index (χ1v) is 8.95. The molecule has 26 heavy (non-hydrogen) atoms. The summed E-state index contributed by atoms with van der Waals surface area (Å²) in [5.41, 5.74) is 2.27. The molecule has 1 N–H and O–H groups in total. The van der Waals surface area contributed by atoms with Gasteiger partial charge in [0, 0.05) is 37.2 Å². The fraction of sp³-hybridized carbons (Fsp3) is 0.381. The Morgan fingerprint density at radius 3 is 2.77 bits per heavy atom.